The third kappa shape index (κ3) is 3.78. The van der Waals surface area contributed by atoms with E-state index in [-0.39, 0.29) is 6.79 Å². The number of fused-ring (bicyclic) bond motifs is 2. The van der Waals surface area contributed by atoms with Crippen LogP contribution in [0.15, 0.2) is 36.4 Å². The summed E-state index contributed by atoms with van der Waals surface area (Å²) in [7, 11) is 0. The van der Waals surface area contributed by atoms with E-state index in [0.29, 0.717) is 0 Å². The van der Waals surface area contributed by atoms with Crippen LogP contribution in [-0.4, -0.2) is 59.3 Å². The summed E-state index contributed by atoms with van der Waals surface area (Å²) in [5.41, 5.74) is 3.07. The number of hydrogen-bond donors (Lipinski definition) is 1. The molecule has 1 saturated heterocycles. The highest BCUT2D eigenvalue weighted by atomic mass is 16.7. The second kappa shape index (κ2) is 8.08. The van der Waals surface area contributed by atoms with Gasteiger partial charge in [-0.25, -0.2) is 9.97 Å². The van der Waals surface area contributed by atoms with Gasteiger partial charge in [0.25, 0.3) is 0 Å². The fourth-order valence-corrected chi connectivity index (χ4v) is 4.08. The van der Waals surface area contributed by atoms with Crippen molar-refractivity contribution in [2.24, 2.45) is 0 Å². The Morgan fingerprint density at radius 2 is 1.77 bits per heavy atom. The van der Waals surface area contributed by atoms with Crippen molar-refractivity contribution < 1.29 is 9.47 Å². The van der Waals surface area contributed by atoms with Gasteiger partial charge >= 0.3 is 0 Å². The Labute approximate surface area is 176 Å². The number of piperazine rings is 1. The predicted molar refractivity (Wildman–Crippen MR) is 118 cm³/mol. The van der Waals surface area contributed by atoms with Crippen LogP contribution in [0.3, 0.4) is 0 Å². The van der Waals surface area contributed by atoms with Crippen molar-refractivity contribution >= 4 is 22.4 Å². The fourth-order valence-electron chi connectivity index (χ4n) is 4.08. The summed E-state index contributed by atoms with van der Waals surface area (Å²) in [6.07, 6.45) is 0. The van der Waals surface area contributed by atoms with Gasteiger partial charge in [0.1, 0.15) is 11.6 Å². The minimum Gasteiger partial charge on any atom is -0.454 e. The molecule has 5 rings (SSSR count). The molecule has 0 aliphatic carbocycles. The number of likely N-dealkylation sites (N-methyl/N-ethyl adjacent to an activating group) is 1. The van der Waals surface area contributed by atoms with E-state index in [1.165, 1.54) is 0 Å². The van der Waals surface area contributed by atoms with E-state index < -0.39 is 0 Å². The highest BCUT2D eigenvalue weighted by molar-refractivity contribution is 5.92. The van der Waals surface area contributed by atoms with Crippen molar-refractivity contribution in [1.29, 1.82) is 0 Å². The molecule has 0 bridgehead atoms. The molecule has 2 aliphatic rings. The van der Waals surface area contributed by atoms with E-state index in [0.717, 1.165) is 84.6 Å². The lowest BCUT2D eigenvalue weighted by Crippen LogP contribution is -2.45. The lowest BCUT2D eigenvalue weighted by molar-refractivity contribution is 0.129. The number of nitrogens with zero attached hydrogens (tertiary/aromatic N) is 4. The topological polar surface area (TPSA) is 62.8 Å². The van der Waals surface area contributed by atoms with E-state index in [2.05, 4.69) is 47.2 Å². The highest BCUT2D eigenvalue weighted by Crippen LogP contribution is 2.35. The molecule has 7 nitrogen and oxygen atoms in total. The molecule has 2 aliphatic heterocycles. The molecule has 1 aromatic heterocycles. The molecular weight excluding hydrogens is 378 g/mol. The minimum atomic E-state index is 0.268. The quantitative estimate of drug-likeness (QED) is 0.696. The normalized spacial score (nSPS) is 16.9. The minimum absolute atomic E-state index is 0.268. The number of hydrogen-bond acceptors (Lipinski definition) is 7. The average Bonchev–Trinajstić information content (AvgIpc) is 3.23. The van der Waals surface area contributed by atoms with Gasteiger partial charge < -0.3 is 19.7 Å². The zero-order valence-corrected chi connectivity index (χ0v) is 17.5. The van der Waals surface area contributed by atoms with E-state index in [1.54, 1.807) is 0 Å². The lowest BCUT2D eigenvalue weighted by Gasteiger charge is -2.33. The van der Waals surface area contributed by atoms with Crippen molar-refractivity contribution in [3.8, 4) is 11.5 Å². The maximum absolute atomic E-state index is 5.52. The van der Waals surface area contributed by atoms with Gasteiger partial charge in [-0.1, -0.05) is 19.1 Å². The van der Waals surface area contributed by atoms with Gasteiger partial charge in [-0.15, -0.1) is 0 Å². The second-order valence-corrected chi connectivity index (χ2v) is 7.86. The first-order chi connectivity index (χ1) is 14.7. The van der Waals surface area contributed by atoms with Crippen LogP contribution < -0.4 is 14.8 Å². The van der Waals surface area contributed by atoms with Crippen LogP contribution in [0.2, 0.25) is 0 Å². The number of anilines is 2. The number of rotatable bonds is 5. The summed E-state index contributed by atoms with van der Waals surface area (Å²) < 4.78 is 10.9. The first-order valence-electron chi connectivity index (χ1n) is 10.6. The standard InChI is InChI=1S/C23H27N5O2/c1-3-27-9-11-28(12-10-27)14-21-25-22-16(2)5-4-6-18(22)23(26-21)24-17-7-8-19-20(13-17)30-15-29-19/h4-8,13H,3,9-12,14-15H2,1-2H3,(H,24,25,26). The first-order valence-corrected chi connectivity index (χ1v) is 10.6. The molecule has 7 heteroatoms. The van der Waals surface area contributed by atoms with Gasteiger partial charge in [-0.3, -0.25) is 4.90 Å². The Bertz CT molecular complexity index is 1060. The number of ether oxygens (including phenoxy) is 2. The molecule has 0 spiro atoms. The molecule has 0 unspecified atom stereocenters. The molecular formula is C23H27N5O2. The Balaban J connectivity index is 1.45. The van der Waals surface area contributed by atoms with Crippen molar-refractivity contribution in [2.75, 3.05) is 44.8 Å². The Morgan fingerprint density at radius 1 is 0.967 bits per heavy atom. The molecule has 0 atom stereocenters. The fraction of sp³-hybridized carbons (Fsp3) is 0.391. The molecule has 156 valence electrons. The van der Waals surface area contributed by atoms with Crippen LogP contribution in [0, 0.1) is 6.92 Å². The summed E-state index contributed by atoms with van der Waals surface area (Å²) >= 11 is 0. The highest BCUT2D eigenvalue weighted by Gasteiger charge is 2.19. The smallest absolute Gasteiger partial charge is 0.231 e. The van der Waals surface area contributed by atoms with Gasteiger partial charge in [0, 0.05) is 43.3 Å². The number of aryl methyl sites for hydroxylation is 1. The first kappa shape index (κ1) is 19.1. The van der Waals surface area contributed by atoms with Crippen molar-refractivity contribution in [3.05, 3.63) is 47.8 Å². The van der Waals surface area contributed by atoms with Crippen LogP contribution in [0.4, 0.5) is 11.5 Å². The molecule has 3 aromatic rings. The largest absolute Gasteiger partial charge is 0.454 e. The zero-order chi connectivity index (χ0) is 20.5. The van der Waals surface area contributed by atoms with Crippen LogP contribution in [0.1, 0.15) is 18.3 Å². The monoisotopic (exact) mass is 405 g/mol. The van der Waals surface area contributed by atoms with E-state index in [4.69, 9.17) is 19.4 Å². The van der Waals surface area contributed by atoms with Crippen molar-refractivity contribution in [1.82, 2.24) is 19.8 Å². The summed E-state index contributed by atoms with van der Waals surface area (Å²) in [6.45, 7) is 10.8. The van der Waals surface area contributed by atoms with Gasteiger partial charge in [0.05, 0.1) is 12.1 Å². The lowest BCUT2D eigenvalue weighted by atomic mass is 10.1. The third-order valence-corrected chi connectivity index (χ3v) is 5.89. The predicted octanol–water partition coefficient (Wildman–Crippen LogP) is 3.55. The molecule has 0 saturated carbocycles. The summed E-state index contributed by atoms with van der Waals surface area (Å²) in [5.74, 6) is 3.20. The maximum Gasteiger partial charge on any atom is 0.231 e. The van der Waals surface area contributed by atoms with Crippen LogP contribution in [0.25, 0.3) is 10.9 Å². The molecule has 1 N–H and O–H groups in total. The molecule has 2 aromatic carbocycles. The molecule has 0 amide bonds. The molecule has 1 fully saturated rings. The number of nitrogens with one attached hydrogen (secondary N) is 1. The second-order valence-electron chi connectivity index (χ2n) is 7.86. The Hall–Kier alpha value is -2.90. The van der Waals surface area contributed by atoms with Crippen molar-refractivity contribution in [3.63, 3.8) is 0 Å². The molecule has 3 heterocycles. The molecule has 0 radical (unpaired) electrons. The van der Waals surface area contributed by atoms with Gasteiger partial charge in [-0.05, 0) is 37.2 Å². The maximum atomic E-state index is 5.52. The van der Waals surface area contributed by atoms with Crippen LogP contribution >= 0.6 is 0 Å². The SMILES string of the molecule is CCN1CCN(Cc2nc(Nc3ccc4c(c3)OCO4)c3cccc(C)c3n2)CC1. The van der Waals surface area contributed by atoms with Crippen molar-refractivity contribution in [2.45, 2.75) is 20.4 Å². The van der Waals surface area contributed by atoms with Gasteiger partial charge in [0.15, 0.2) is 11.5 Å². The van der Waals surface area contributed by atoms with E-state index >= 15 is 0 Å². The van der Waals surface area contributed by atoms with Crippen LogP contribution in [-0.2, 0) is 6.54 Å². The number of aromatic nitrogens is 2. The summed E-state index contributed by atoms with van der Waals surface area (Å²) in [6, 6.07) is 12.1. The van der Waals surface area contributed by atoms with Gasteiger partial charge in [-0.2, -0.15) is 0 Å². The number of para-hydroxylation sites is 1. The van der Waals surface area contributed by atoms with E-state index in [1.807, 2.05) is 18.2 Å². The molecule has 30 heavy (non-hydrogen) atoms. The summed E-state index contributed by atoms with van der Waals surface area (Å²) in [4.78, 5) is 14.8. The average molecular weight is 406 g/mol. The number of benzene rings is 2. The zero-order valence-electron chi connectivity index (χ0n) is 17.5. The van der Waals surface area contributed by atoms with Gasteiger partial charge in [0.2, 0.25) is 6.79 Å². The van der Waals surface area contributed by atoms with E-state index in [9.17, 15) is 0 Å². The van der Waals surface area contributed by atoms with Crippen LogP contribution in [0.5, 0.6) is 11.5 Å². The Kier molecular flexibility index (Phi) is 5.14. The Morgan fingerprint density at radius 3 is 2.60 bits per heavy atom. The third-order valence-electron chi connectivity index (χ3n) is 5.89. The summed E-state index contributed by atoms with van der Waals surface area (Å²) in [5, 5.41) is 4.50.